The van der Waals surface area contributed by atoms with Crippen LogP contribution in [0, 0.1) is 5.92 Å². The summed E-state index contributed by atoms with van der Waals surface area (Å²) in [5, 5.41) is 4.91. The van der Waals surface area contributed by atoms with Crippen molar-refractivity contribution in [2.45, 2.75) is 44.6 Å². The first-order valence-electron chi connectivity index (χ1n) is 9.91. The number of rotatable bonds is 6. The van der Waals surface area contributed by atoms with E-state index in [-0.39, 0.29) is 23.8 Å². The average Bonchev–Trinajstić information content (AvgIpc) is 3.15. The Balaban J connectivity index is 1.22. The van der Waals surface area contributed by atoms with Crippen LogP contribution in [0.3, 0.4) is 0 Å². The lowest BCUT2D eigenvalue weighted by Crippen LogP contribution is -2.42. The molecule has 0 unspecified atom stereocenters. The van der Waals surface area contributed by atoms with Gasteiger partial charge in [0, 0.05) is 42.8 Å². The highest BCUT2D eigenvalue weighted by molar-refractivity contribution is 7.10. The molecule has 0 spiro atoms. The molecule has 1 saturated heterocycles. The lowest BCUT2D eigenvalue weighted by atomic mass is 9.85. The average molecular weight is 400 g/mol. The number of likely N-dealkylation sites (tertiary alicyclic amines) is 1. The molecular formula is C21H25N3O3S. The van der Waals surface area contributed by atoms with Crippen molar-refractivity contribution in [3.8, 4) is 5.88 Å². The van der Waals surface area contributed by atoms with E-state index in [4.69, 9.17) is 4.74 Å². The summed E-state index contributed by atoms with van der Waals surface area (Å²) in [6, 6.07) is 7.61. The second-order valence-electron chi connectivity index (χ2n) is 7.46. The van der Waals surface area contributed by atoms with Crippen LogP contribution in [0.4, 0.5) is 5.69 Å². The Morgan fingerprint density at radius 2 is 2.00 bits per heavy atom. The van der Waals surface area contributed by atoms with Crippen molar-refractivity contribution in [2.24, 2.45) is 5.92 Å². The molecule has 2 aromatic rings. The topological polar surface area (TPSA) is 71.5 Å². The van der Waals surface area contributed by atoms with Crippen LogP contribution in [0.5, 0.6) is 5.88 Å². The van der Waals surface area contributed by atoms with E-state index in [9.17, 15) is 9.59 Å². The van der Waals surface area contributed by atoms with Crippen LogP contribution >= 0.6 is 11.3 Å². The van der Waals surface area contributed by atoms with Gasteiger partial charge in [-0.2, -0.15) is 0 Å². The van der Waals surface area contributed by atoms with E-state index in [1.54, 1.807) is 23.6 Å². The van der Waals surface area contributed by atoms with Crippen molar-refractivity contribution >= 4 is 28.8 Å². The highest BCUT2D eigenvalue weighted by Gasteiger charge is 2.26. The molecule has 0 radical (unpaired) electrons. The summed E-state index contributed by atoms with van der Waals surface area (Å²) in [7, 11) is 0. The van der Waals surface area contributed by atoms with Crippen LogP contribution in [0.25, 0.3) is 0 Å². The van der Waals surface area contributed by atoms with E-state index in [1.165, 1.54) is 0 Å². The Kier molecular flexibility index (Phi) is 5.90. The number of anilines is 1. The molecule has 0 bridgehead atoms. The van der Waals surface area contributed by atoms with E-state index in [1.807, 2.05) is 28.5 Å². The van der Waals surface area contributed by atoms with Crippen molar-refractivity contribution in [2.75, 3.05) is 18.4 Å². The number of nitrogens with one attached hydrogen (secondary N) is 1. The number of hydrogen-bond acceptors (Lipinski definition) is 5. The minimum atomic E-state index is 0.0636. The maximum absolute atomic E-state index is 12.4. The lowest BCUT2D eigenvalue weighted by molar-refractivity contribution is -0.132. The van der Waals surface area contributed by atoms with Crippen molar-refractivity contribution in [1.82, 2.24) is 9.88 Å². The molecule has 0 aromatic carbocycles. The SMILES string of the molecule is O=C(Nc1ccc(OC2CCN(C(=O)Cc3cccs3)CC2)nc1)C1CCC1. The summed E-state index contributed by atoms with van der Waals surface area (Å²) in [6.07, 6.45) is 6.90. The van der Waals surface area contributed by atoms with E-state index in [2.05, 4.69) is 10.3 Å². The summed E-state index contributed by atoms with van der Waals surface area (Å²) >= 11 is 1.62. The number of pyridine rings is 1. The Bertz CT molecular complexity index is 795. The Morgan fingerprint density at radius 3 is 2.61 bits per heavy atom. The Hall–Kier alpha value is -2.41. The summed E-state index contributed by atoms with van der Waals surface area (Å²) < 4.78 is 5.97. The van der Waals surface area contributed by atoms with Crippen molar-refractivity contribution in [3.63, 3.8) is 0 Å². The van der Waals surface area contributed by atoms with Gasteiger partial charge in [0.05, 0.1) is 18.3 Å². The van der Waals surface area contributed by atoms with Crippen molar-refractivity contribution in [3.05, 3.63) is 40.7 Å². The highest BCUT2D eigenvalue weighted by Crippen LogP contribution is 2.27. The number of thiophene rings is 1. The number of hydrogen-bond donors (Lipinski definition) is 1. The number of nitrogens with zero attached hydrogens (tertiary/aromatic N) is 2. The zero-order valence-electron chi connectivity index (χ0n) is 15.8. The standard InChI is InChI=1S/C21H25N3O3S/c25-20(13-18-5-2-12-28-18)24-10-8-17(9-11-24)27-19-7-6-16(14-22-19)23-21(26)15-3-1-4-15/h2,5-7,12,14-15,17H,1,3-4,8-11,13H2,(H,23,26). The van der Waals surface area contributed by atoms with Gasteiger partial charge < -0.3 is 15.0 Å². The lowest BCUT2D eigenvalue weighted by Gasteiger charge is -2.32. The third kappa shape index (κ3) is 4.70. The van der Waals surface area contributed by atoms with Crippen LogP contribution in [0.15, 0.2) is 35.8 Å². The molecule has 28 heavy (non-hydrogen) atoms. The summed E-state index contributed by atoms with van der Waals surface area (Å²) in [6.45, 7) is 1.43. The molecule has 7 heteroatoms. The van der Waals surface area contributed by atoms with Gasteiger partial charge in [0.25, 0.3) is 0 Å². The van der Waals surface area contributed by atoms with E-state index in [0.29, 0.717) is 31.1 Å². The van der Waals surface area contributed by atoms with Gasteiger partial charge in [0.15, 0.2) is 0 Å². The van der Waals surface area contributed by atoms with E-state index >= 15 is 0 Å². The van der Waals surface area contributed by atoms with Crippen molar-refractivity contribution in [1.29, 1.82) is 0 Å². The Labute approximate surface area is 168 Å². The second kappa shape index (κ2) is 8.73. The molecule has 1 aliphatic carbocycles. The normalized spacial score (nSPS) is 17.8. The smallest absolute Gasteiger partial charge is 0.227 e. The summed E-state index contributed by atoms with van der Waals surface area (Å²) in [5.41, 5.74) is 0.707. The highest BCUT2D eigenvalue weighted by atomic mass is 32.1. The van der Waals surface area contributed by atoms with Crippen LogP contribution in [0.1, 0.15) is 37.0 Å². The van der Waals surface area contributed by atoms with Gasteiger partial charge in [-0.15, -0.1) is 11.3 Å². The van der Waals surface area contributed by atoms with Gasteiger partial charge in [-0.1, -0.05) is 12.5 Å². The molecule has 0 atom stereocenters. The fraction of sp³-hybridized carbons (Fsp3) is 0.476. The third-order valence-electron chi connectivity index (χ3n) is 5.47. The molecule has 4 rings (SSSR count). The van der Waals surface area contributed by atoms with Crippen LogP contribution in [0.2, 0.25) is 0 Å². The van der Waals surface area contributed by atoms with Gasteiger partial charge >= 0.3 is 0 Å². The Morgan fingerprint density at radius 1 is 1.18 bits per heavy atom. The molecule has 2 aromatic heterocycles. The third-order valence-corrected chi connectivity index (χ3v) is 6.34. The van der Waals surface area contributed by atoms with E-state index in [0.717, 1.165) is 37.0 Å². The number of carbonyl (C=O) groups excluding carboxylic acids is 2. The first-order chi connectivity index (χ1) is 13.7. The van der Waals surface area contributed by atoms with Crippen LogP contribution in [-0.2, 0) is 16.0 Å². The molecule has 2 aliphatic rings. The first kappa shape index (κ1) is 18.9. The van der Waals surface area contributed by atoms with Gasteiger partial charge in [-0.25, -0.2) is 4.98 Å². The molecule has 1 N–H and O–H groups in total. The van der Waals surface area contributed by atoms with Gasteiger partial charge in [-0.05, 0) is 30.4 Å². The molecule has 1 saturated carbocycles. The monoisotopic (exact) mass is 399 g/mol. The number of ether oxygens (including phenoxy) is 1. The summed E-state index contributed by atoms with van der Waals surface area (Å²) in [4.78, 5) is 31.7. The molecule has 6 nitrogen and oxygen atoms in total. The number of aromatic nitrogens is 1. The molecule has 2 amide bonds. The van der Waals surface area contributed by atoms with Crippen molar-refractivity contribution < 1.29 is 14.3 Å². The molecule has 2 fully saturated rings. The minimum Gasteiger partial charge on any atom is -0.474 e. The zero-order valence-corrected chi connectivity index (χ0v) is 16.6. The summed E-state index contributed by atoms with van der Waals surface area (Å²) in [5.74, 6) is 0.987. The number of carbonyl (C=O) groups is 2. The van der Waals surface area contributed by atoms with Crippen LogP contribution < -0.4 is 10.1 Å². The predicted octanol–water partition coefficient (Wildman–Crippen LogP) is 3.49. The van der Waals surface area contributed by atoms with Gasteiger partial charge in [-0.3, -0.25) is 9.59 Å². The second-order valence-corrected chi connectivity index (χ2v) is 8.49. The van der Waals surface area contributed by atoms with Gasteiger partial charge in [0.1, 0.15) is 6.10 Å². The zero-order chi connectivity index (χ0) is 19.3. The van der Waals surface area contributed by atoms with Crippen LogP contribution in [-0.4, -0.2) is 40.9 Å². The molecular weight excluding hydrogens is 374 g/mol. The first-order valence-corrected chi connectivity index (χ1v) is 10.8. The van der Waals surface area contributed by atoms with E-state index < -0.39 is 0 Å². The molecule has 148 valence electrons. The van der Waals surface area contributed by atoms with Gasteiger partial charge in [0.2, 0.25) is 17.7 Å². The quantitative estimate of drug-likeness (QED) is 0.807. The molecule has 1 aliphatic heterocycles. The largest absolute Gasteiger partial charge is 0.474 e. The fourth-order valence-corrected chi connectivity index (χ4v) is 4.20. The number of piperidine rings is 1. The number of amides is 2. The maximum Gasteiger partial charge on any atom is 0.227 e. The molecule has 3 heterocycles. The maximum atomic E-state index is 12.4. The predicted molar refractivity (Wildman–Crippen MR) is 108 cm³/mol. The fourth-order valence-electron chi connectivity index (χ4n) is 3.51. The minimum absolute atomic E-state index is 0.0636.